The van der Waals surface area contributed by atoms with E-state index in [2.05, 4.69) is 15.4 Å². The number of nitrogens with two attached hydrogens (primary N) is 1. The number of benzene rings is 3. The molecule has 0 aliphatic heterocycles. The number of ether oxygens (including phenoxy) is 1. The second-order valence-corrected chi connectivity index (χ2v) is 8.69. The van der Waals surface area contributed by atoms with Gasteiger partial charge in [0.25, 0.3) is 0 Å². The highest BCUT2D eigenvalue weighted by molar-refractivity contribution is 6.12. The molecular weight excluding hydrogens is 518 g/mol. The normalized spacial score (nSPS) is 11.1. The Kier molecular flexibility index (Phi) is 6.30. The van der Waals surface area contributed by atoms with Crippen LogP contribution in [-0.2, 0) is 4.79 Å². The summed E-state index contributed by atoms with van der Waals surface area (Å²) in [4.78, 5) is 27.4. The first-order valence-electron chi connectivity index (χ1n) is 11.4. The summed E-state index contributed by atoms with van der Waals surface area (Å²) in [6.45, 7) is 2.76. The number of aryl methyl sites for hydroxylation is 1. The topological polar surface area (TPSA) is 115 Å². The van der Waals surface area contributed by atoms with Crippen molar-refractivity contribution in [3.8, 4) is 17.2 Å². The lowest BCUT2D eigenvalue weighted by Gasteiger charge is -2.13. The van der Waals surface area contributed by atoms with E-state index in [-0.39, 0.29) is 39.8 Å². The van der Waals surface area contributed by atoms with Gasteiger partial charge >= 0.3 is 0 Å². The van der Waals surface area contributed by atoms with Gasteiger partial charge in [0.2, 0.25) is 17.5 Å². The Morgan fingerprint density at radius 3 is 2.51 bits per heavy atom. The van der Waals surface area contributed by atoms with Crippen LogP contribution in [0.4, 0.5) is 29.1 Å². The highest BCUT2D eigenvalue weighted by Crippen LogP contribution is 2.32. The number of anilines is 2. The molecule has 4 N–H and O–H groups in total. The molecule has 0 spiro atoms. The van der Waals surface area contributed by atoms with Gasteiger partial charge in [0.05, 0.1) is 23.1 Å². The molecule has 2 aromatic heterocycles. The van der Waals surface area contributed by atoms with Crippen LogP contribution in [0.1, 0.15) is 28.5 Å². The predicted octanol–water partition coefficient (Wildman–Crippen LogP) is 5.78. The second-order valence-electron chi connectivity index (χ2n) is 8.69. The number of hydrogen-bond acceptors (Lipinski definition) is 5. The zero-order chi connectivity index (χ0) is 28.0. The first-order chi connectivity index (χ1) is 18.5. The molecule has 0 bridgehead atoms. The van der Waals surface area contributed by atoms with Crippen LogP contribution in [0.5, 0.6) is 11.5 Å². The van der Waals surface area contributed by atoms with Crippen molar-refractivity contribution in [2.75, 3.05) is 11.1 Å². The zero-order valence-electron chi connectivity index (χ0n) is 20.4. The Balaban J connectivity index is 1.46. The standard InChI is InChI=1S/C27H19F4N5O3/c1-12-6-15(39-23-5-3-4-17(28)24(23)31)9-19(30)25(12)36-27(32)16(11-33-36)26(38)22-8-14-7-18(29)21(34-13(2)37)10-20(14)35-22/h3-11,35H,32H2,1-2H3,(H,34,37). The monoisotopic (exact) mass is 537 g/mol. The van der Waals surface area contributed by atoms with Crippen molar-refractivity contribution >= 4 is 34.1 Å². The number of carbonyl (C=O) groups is 2. The molecule has 39 heavy (non-hydrogen) atoms. The van der Waals surface area contributed by atoms with Crippen molar-refractivity contribution in [3.05, 3.63) is 94.8 Å². The van der Waals surface area contributed by atoms with Gasteiger partial charge in [0.1, 0.15) is 23.1 Å². The summed E-state index contributed by atoms with van der Waals surface area (Å²) in [5.74, 6) is -5.59. The summed E-state index contributed by atoms with van der Waals surface area (Å²) < 4.78 is 63.3. The van der Waals surface area contributed by atoms with Crippen molar-refractivity contribution in [2.45, 2.75) is 13.8 Å². The molecule has 0 fully saturated rings. The fourth-order valence-corrected chi connectivity index (χ4v) is 4.14. The third-order valence-corrected chi connectivity index (χ3v) is 5.90. The Labute approximate surface area is 218 Å². The van der Waals surface area contributed by atoms with Gasteiger partial charge in [-0.3, -0.25) is 9.59 Å². The van der Waals surface area contributed by atoms with Crippen LogP contribution in [-0.4, -0.2) is 26.5 Å². The minimum Gasteiger partial charge on any atom is -0.454 e. The molecule has 8 nitrogen and oxygen atoms in total. The lowest BCUT2D eigenvalue weighted by atomic mass is 10.1. The third-order valence-electron chi connectivity index (χ3n) is 5.90. The molecule has 198 valence electrons. The van der Waals surface area contributed by atoms with Gasteiger partial charge in [-0.1, -0.05) is 6.07 Å². The van der Waals surface area contributed by atoms with Gasteiger partial charge in [-0.25, -0.2) is 17.9 Å². The molecular formula is C27H19F4N5O3. The number of aromatic nitrogens is 3. The summed E-state index contributed by atoms with van der Waals surface area (Å²) in [6, 6.07) is 9.64. The van der Waals surface area contributed by atoms with Crippen LogP contribution < -0.4 is 15.8 Å². The summed E-state index contributed by atoms with van der Waals surface area (Å²) in [5, 5.41) is 6.81. The van der Waals surface area contributed by atoms with E-state index in [9.17, 15) is 22.8 Å². The number of H-pyrrole nitrogens is 1. The molecule has 0 radical (unpaired) electrons. The Morgan fingerprint density at radius 1 is 1.03 bits per heavy atom. The number of aromatic amines is 1. The minimum atomic E-state index is -1.22. The van der Waals surface area contributed by atoms with Crippen LogP contribution in [0.25, 0.3) is 16.6 Å². The number of rotatable bonds is 6. The van der Waals surface area contributed by atoms with Crippen LogP contribution in [0, 0.1) is 30.2 Å². The van der Waals surface area contributed by atoms with Gasteiger partial charge in [-0.05, 0) is 48.9 Å². The molecule has 0 aliphatic rings. The average Bonchev–Trinajstić information content (AvgIpc) is 3.44. The number of nitrogens with zero attached hydrogens (tertiary/aromatic N) is 2. The van der Waals surface area contributed by atoms with E-state index in [0.717, 1.165) is 23.0 Å². The van der Waals surface area contributed by atoms with Crippen molar-refractivity contribution in [1.82, 2.24) is 14.8 Å². The van der Waals surface area contributed by atoms with E-state index in [1.54, 1.807) is 0 Å². The fraction of sp³-hybridized carbons (Fsp3) is 0.0741. The Morgan fingerprint density at radius 2 is 1.79 bits per heavy atom. The maximum Gasteiger partial charge on any atom is 0.221 e. The first kappa shape index (κ1) is 25.5. The maximum absolute atomic E-state index is 15.2. The van der Waals surface area contributed by atoms with Crippen LogP contribution >= 0.6 is 0 Å². The van der Waals surface area contributed by atoms with Crippen molar-refractivity contribution < 1.29 is 31.9 Å². The van der Waals surface area contributed by atoms with Crippen molar-refractivity contribution in [1.29, 1.82) is 0 Å². The zero-order valence-corrected chi connectivity index (χ0v) is 20.4. The molecule has 5 aromatic rings. The molecule has 0 saturated heterocycles. The first-order valence-corrected chi connectivity index (χ1v) is 11.4. The highest BCUT2D eigenvalue weighted by atomic mass is 19.2. The molecule has 12 heteroatoms. The number of hydrogen-bond donors (Lipinski definition) is 3. The third kappa shape index (κ3) is 4.67. The van der Waals surface area contributed by atoms with Crippen LogP contribution in [0.2, 0.25) is 0 Å². The van der Waals surface area contributed by atoms with E-state index in [1.165, 1.54) is 50.2 Å². The predicted molar refractivity (Wildman–Crippen MR) is 135 cm³/mol. The quantitative estimate of drug-likeness (QED) is 0.188. The number of nitrogen functional groups attached to an aromatic ring is 1. The van der Waals surface area contributed by atoms with Gasteiger partial charge < -0.3 is 20.8 Å². The minimum absolute atomic E-state index is 0.0509. The Hall–Kier alpha value is -5.13. The van der Waals surface area contributed by atoms with E-state index in [1.807, 2.05) is 0 Å². The summed E-state index contributed by atoms with van der Waals surface area (Å²) in [6.07, 6.45) is 1.16. The fourth-order valence-electron chi connectivity index (χ4n) is 4.14. The Bertz CT molecular complexity index is 1770. The number of fused-ring (bicyclic) bond motifs is 1. The van der Waals surface area contributed by atoms with E-state index >= 15 is 4.39 Å². The van der Waals surface area contributed by atoms with E-state index in [0.29, 0.717) is 10.9 Å². The van der Waals surface area contributed by atoms with Crippen LogP contribution in [0.15, 0.2) is 54.7 Å². The number of carbonyl (C=O) groups excluding carboxylic acids is 2. The van der Waals surface area contributed by atoms with Crippen LogP contribution in [0.3, 0.4) is 0 Å². The molecule has 1 amide bonds. The van der Waals surface area contributed by atoms with Gasteiger partial charge in [-0.15, -0.1) is 0 Å². The van der Waals surface area contributed by atoms with Gasteiger partial charge in [0, 0.05) is 23.9 Å². The maximum atomic E-state index is 15.2. The molecule has 0 atom stereocenters. The summed E-state index contributed by atoms with van der Waals surface area (Å²) in [5.41, 5.74) is 6.72. The van der Waals surface area contributed by atoms with Gasteiger partial charge in [0.15, 0.2) is 17.4 Å². The number of amides is 1. The molecule has 0 unspecified atom stereocenters. The molecule has 0 aliphatic carbocycles. The highest BCUT2D eigenvalue weighted by Gasteiger charge is 2.23. The SMILES string of the molecule is CC(=O)Nc1cc2[nH]c(C(=O)c3cnn(-c4c(C)cc(Oc5cccc(F)c5F)cc4F)c3N)cc2cc1F. The summed E-state index contributed by atoms with van der Waals surface area (Å²) >= 11 is 0. The lowest BCUT2D eigenvalue weighted by molar-refractivity contribution is -0.114. The smallest absolute Gasteiger partial charge is 0.221 e. The van der Waals surface area contributed by atoms with Crippen molar-refractivity contribution in [3.63, 3.8) is 0 Å². The lowest BCUT2D eigenvalue weighted by Crippen LogP contribution is -2.10. The van der Waals surface area contributed by atoms with E-state index < -0.39 is 40.7 Å². The molecule has 3 aromatic carbocycles. The van der Waals surface area contributed by atoms with Crippen molar-refractivity contribution in [2.24, 2.45) is 0 Å². The molecule has 2 heterocycles. The average molecular weight is 537 g/mol. The second kappa shape index (κ2) is 9.63. The summed E-state index contributed by atoms with van der Waals surface area (Å²) in [7, 11) is 0. The molecule has 5 rings (SSSR count). The number of ketones is 1. The largest absolute Gasteiger partial charge is 0.454 e. The number of halogens is 4. The molecule has 0 saturated carbocycles. The van der Waals surface area contributed by atoms with Gasteiger partial charge in [-0.2, -0.15) is 9.49 Å². The van der Waals surface area contributed by atoms with E-state index in [4.69, 9.17) is 10.5 Å². The number of nitrogens with one attached hydrogen (secondary N) is 2.